The Labute approximate surface area is 298 Å². The molecule has 0 saturated heterocycles. The van der Waals surface area contributed by atoms with Crippen molar-refractivity contribution < 1.29 is 25.2 Å². The Balaban J connectivity index is 3.74. The Morgan fingerprint density at radius 1 is 0.500 bits per heavy atom. The summed E-state index contributed by atoms with van der Waals surface area (Å²) in [5, 5.41) is 43.6. The highest BCUT2D eigenvalue weighted by molar-refractivity contribution is 5.80. The maximum atomic E-state index is 12.5. The van der Waals surface area contributed by atoms with Gasteiger partial charge in [-0.2, -0.15) is 0 Å². The fourth-order valence-electron chi connectivity index (χ4n) is 6.57. The van der Waals surface area contributed by atoms with Gasteiger partial charge in [-0.05, 0) is 38.5 Å². The normalized spacial score (nSPS) is 14.4. The van der Waals surface area contributed by atoms with Gasteiger partial charge in [0, 0.05) is 0 Å². The van der Waals surface area contributed by atoms with Crippen LogP contribution in [0.15, 0.2) is 12.2 Å². The summed E-state index contributed by atoms with van der Waals surface area (Å²) in [5.74, 6) is -0.589. The van der Waals surface area contributed by atoms with Gasteiger partial charge in [0.1, 0.15) is 12.2 Å². The Bertz CT molecular complexity index is 687. The van der Waals surface area contributed by atoms with Gasteiger partial charge in [-0.25, -0.2) is 0 Å². The molecule has 0 aromatic heterocycles. The van der Waals surface area contributed by atoms with Crippen LogP contribution in [0.1, 0.15) is 219 Å². The Kier molecular flexibility index (Phi) is 36.6. The zero-order valence-corrected chi connectivity index (χ0v) is 32.0. The zero-order chi connectivity index (χ0) is 35.3. The molecular weight excluding hydrogens is 598 g/mol. The fourth-order valence-corrected chi connectivity index (χ4v) is 6.57. The van der Waals surface area contributed by atoms with Gasteiger partial charge in [0.2, 0.25) is 5.91 Å². The summed E-state index contributed by atoms with van der Waals surface area (Å²) < 4.78 is 0. The third-order valence-electron chi connectivity index (χ3n) is 9.98. The van der Waals surface area contributed by atoms with Gasteiger partial charge in [0.15, 0.2) is 0 Å². The molecule has 0 rings (SSSR count). The number of aliphatic hydroxyl groups excluding tert-OH is 4. The van der Waals surface area contributed by atoms with E-state index in [0.29, 0.717) is 12.8 Å². The Morgan fingerprint density at radius 3 is 1.21 bits per heavy atom. The van der Waals surface area contributed by atoms with Gasteiger partial charge < -0.3 is 25.7 Å². The van der Waals surface area contributed by atoms with Crippen molar-refractivity contribution in [1.82, 2.24) is 5.32 Å². The molecule has 0 unspecified atom stereocenters. The van der Waals surface area contributed by atoms with Crippen LogP contribution >= 0.6 is 0 Å². The summed E-state index contributed by atoms with van der Waals surface area (Å²) in [5.41, 5.74) is 0. The van der Waals surface area contributed by atoms with Crippen molar-refractivity contribution in [2.45, 2.75) is 244 Å². The van der Waals surface area contributed by atoms with Crippen LogP contribution in [-0.2, 0) is 4.79 Å². The highest BCUT2D eigenvalue weighted by Gasteiger charge is 2.28. The van der Waals surface area contributed by atoms with Crippen molar-refractivity contribution in [2.24, 2.45) is 0 Å². The van der Waals surface area contributed by atoms with E-state index in [2.05, 4.69) is 31.3 Å². The molecule has 0 bridgehead atoms. The van der Waals surface area contributed by atoms with Gasteiger partial charge >= 0.3 is 0 Å². The lowest BCUT2D eigenvalue weighted by atomic mass is 9.99. The van der Waals surface area contributed by atoms with E-state index in [1.807, 2.05) is 0 Å². The van der Waals surface area contributed by atoms with Crippen molar-refractivity contribution in [2.75, 3.05) is 6.61 Å². The largest absolute Gasteiger partial charge is 0.394 e. The summed E-state index contributed by atoms with van der Waals surface area (Å²) in [4.78, 5) is 12.5. The number of hydrogen-bond donors (Lipinski definition) is 5. The molecular formula is C42H83NO5. The average molecular weight is 682 g/mol. The number of amides is 1. The quantitative estimate of drug-likeness (QED) is 0.0329. The van der Waals surface area contributed by atoms with E-state index in [1.165, 1.54) is 141 Å². The van der Waals surface area contributed by atoms with Crippen molar-refractivity contribution in [3.63, 3.8) is 0 Å². The van der Waals surface area contributed by atoms with E-state index < -0.39 is 36.9 Å². The number of nitrogens with one attached hydrogen (secondary N) is 1. The lowest BCUT2D eigenvalue weighted by Crippen LogP contribution is -2.53. The highest BCUT2D eigenvalue weighted by Crippen LogP contribution is 2.16. The number of hydrogen-bond acceptors (Lipinski definition) is 5. The molecule has 0 spiro atoms. The monoisotopic (exact) mass is 682 g/mol. The minimum Gasteiger partial charge on any atom is -0.394 e. The van der Waals surface area contributed by atoms with Gasteiger partial charge in [-0.1, -0.05) is 193 Å². The molecule has 0 aliphatic rings. The number of carbonyl (C=O) groups excluding carboxylic acids is 1. The van der Waals surface area contributed by atoms with Crippen molar-refractivity contribution in [3.8, 4) is 0 Å². The van der Waals surface area contributed by atoms with Crippen LogP contribution in [0.25, 0.3) is 0 Å². The summed E-state index contributed by atoms with van der Waals surface area (Å²) in [7, 11) is 0. The molecule has 48 heavy (non-hydrogen) atoms. The molecule has 0 fully saturated rings. The Morgan fingerprint density at radius 2 is 0.833 bits per heavy atom. The van der Waals surface area contributed by atoms with Gasteiger partial charge in [0.05, 0.1) is 18.8 Å². The lowest BCUT2D eigenvalue weighted by Gasteiger charge is -2.27. The van der Waals surface area contributed by atoms with E-state index in [0.717, 1.165) is 51.4 Å². The van der Waals surface area contributed by atoms with Crippen LogP contribution < -0.4 is 5.32 Å². The summed E-state index contributed by atoms with van der Waals surface area (Å²) in [6.45, 7) is 4.04. The van der Waals surface area contributed by atoms with Gasteiger partial charge in [-0.15, -0.1) is 0 Å². The van der Waals surface area contributed by atoms with Crippen molar-refractivity contribution in [3.05, 3.63) is 12.2 Å². The minimum absolute atomic E-state index is 0.361. The maximum Gasteiger partial charge on any atom is 0.249 e. The second kappa shape index (κ2) is 37.3. The third-order valence-corrected chi connectivity index (χ3v) is 9.98. The van der Waals surface area contributed by atoms with Crippen molar-refractivity contribution >= 4 is 5.91 Å². The number of aliphatic hydroxyl groups is 4. The van der Waals surface area contributed by atoms with Crippen LogP contribution in [0, 0.1) is 0 Å². The SMILES string of the molecule is CCCCCCCCCCCCCC=CCCCCCCC[C@@H](O)C(=O)N[C@@H](CO)[C@H](O)[C@H](O)CCCCCCCCCCCCCC. The Hall–Kier alpha value is -0.950. The summed E-state index contributed by atoms with van der Waals surface area (Å²) in [6.07, 6.45) is 39.5. The second-order valence-corrected chi connectivity index (χ2v) is 14.7. The molecule has 0 aromatic rings. The molecule has 0 aliphatic heterocycles. The molecule has 6 heteroatoms. The zero-order valence-electron chi connectivity index (χ0n) is 32.0. The molecule has 0 radical (unpaired) electrons. The minimum atomic E-state index is -1.26. The van der Waals surface area contributed by atoms with Crippen molar-refractivity contribution in [1.29, 1.82) is 0 Å². The molecule has 0 saturated carbocycles. The highest BCUT2D eigenvalue weighted by atomic mass is 16.3. The van der Waals surface area contributed by atoms with Crippen LogP contribution in [0.5, 0.6) is 0 Å². The molecule has 0 heterocycles. The van der Waals surface area contributed by atoms with Crippen LogP contribution in [0.2, 0.25) is 0 Å². The second-order valence-electron chi connectivity index (χ2n) is 14.7. The first-order valence-electron chi connectivity index (χ1n) is 21.1. The first kappa shape index (κ1) is 47.0. The summed E-state index contributed by atoms with van der Waals surface area (Å²) >= 11 is 0. The molecule has 1 amide bonds. The molecule has 286 valence electrons. The predicted octanol–water partition coefficient (Wildman–Crippen LogP) is 10.6. The maximum absolute atomic E-state index is 12.5. The van der Waals surface area contributed by atoms with E-state index in [-0.39, 0.29) is 0 Å². The van der Waals surface area contributed by atoms with E-state index in [4.69, 9.17) is 0 Å². The molecule has 5 N–H and O–H groups in total. The molecule has 0 aliphatic carbocycles. The molecule has 4 atom stereocenters. The number of allylic oxidation sites excluding steroid dienone is 2. The van der Waals surface area contributed by atoms with E-state index >= 15 is 0 Å². The average Bonchev–Trinajstić information content (AvgIpc) is 3.09. The standard InChI is InChI=1S/C42H83NO5/c1-3-5-7-9-11-13-15-17-18-19-20-21-22-23-24-26-28-30-32-34-36-40(46)42(48)43-38(37-44)41(47)39(45)35-33-31-29-27-25-16-14-12-10-8-6-4-2/h22-23,38-41,44-47H,3-21,24-37H2,1-2H3,(H,43,48)/t38-,39+,40+,41-/m0/s1. The third kappa shape index (κ3) is 31.1. The molecule has 6 nitrogen and oxygen atoms in total. The molecule has 0 aromatic carbocycles. The van der Waals surface area contributed by atoms with Crippen LogP contribution in [0.4, 0.5) is 0 Å². The van der Waals surface area contributed by atoms with E-state index in [1.54, 1.807) is 0 Å². The number of carbonyl (C=O) groups is 1. The lowest BCUT2D eigenvalue weighted by molar-refractivity contribution is -0.132. The topological polar surface area (TPSA) is 110 Å². The van der Waals surface area contributed by atoms with Crippen LogP contribution in [0.3, 0.4) is 0 Å². The number of unbranched alkanes of at least 4 members (excludes halogenated alkanes) is 27. The fraction of sp³-hybridized carbons (Fsp3) is 0.929. The van der Waals surface area contributed by atoms with E-state index in [9.17, 15) is 25.2 Å². The van der Waals surface area contributed by atoms with Crippen LogP contribution in [-0.4, -0.2) is 57.3 Å². The summed E-state index contributed by atoms with van der Waals surface area (Å²) in [6, 6.07) is -0.984. The van der Waals surface area contributed by atoms with Gasteiger partial charge in [-0.3, -0.25) is 4.79 Å². The first-order valence-corrected chi connectivity index (χ1v) is 21.1. The smallest absolute Gasteiger partial charge is 0.249 e. The first-order chi connectivity index (χ1) is 23.5. The predicted molar refractivity (Wildman–Crippen MR) is 205 cm³/mol. The number of rotatable bonds is 38. The van der Waals surface area contributed by atoms with Gasteiger partial charge in [0.25, 0.3) is 0 Å².